The highest BCUT2D eigenvalue weighted by molar-refractivity contribution is 5.82. The van der Waals surface area contributed by atoms with E-state index in [-0.39, 0.29) is 5.76 Å². The van der Waals surface area contributed by atoms with Crippen LogP contribution in [-0.4, -0.2) is 17.7 Å². The number of aliphatic hydroxyl groups is 1. The topological polar surface area (TPSA) is 46.5 Å². The van der Waals surface area contributed by atoms with E-state index in [2.05, 4.69) is 4.74 Å². The van der Waals surface area contributed by atoms with Crippen LogP contribution in [0.25, 0.3) is 0 Å². The van der Waals surface area contributed by atoms with Crippen molar-refractivity contribution in [3.05, 3.63) is 11.8 Å². The van der Waals surface area contributed by atoms with Crippen molar-refractivity contribution in [2.24, 2.45) is 5.92 Å². The Balaban J connectivity index is 3.93. The molecule has 0 aliphatic heterocycles. The third-order valence-corrected chi connectivity index (χ3v) is 1.83. The lowest BCUT2D eigenvalue weighted by molar-refractivity contribution is -0.137. The van der Waals surface area contributed by atoms with Crippen LogP contribution < -0.4 is 0 Å². The van der Waals surface area contributed by atoms with Crippen LogP contribution in [0.1, 0.15) is 33.6 Å². The summed E-state index contributed by atoms with van der Waals surface area (Å²) in [7, 11) is 0. The van der Waals surface area contributed by atoms with Gasteiger partial charge >= 0.3 is 5.97 Å². The molecule has 0 radical (unpaired) electrons. The van der Waals surface area contributed by atoms with Gasteiger partial charge in [0.1, 0.15) is 0 Å². The van der Waals surface area contributed by atoms with Crippen LogP contribution >= 0.6 is 0 Å². The van der Waals surface area contributed by atoms with Gasteiger partial charge < -0.3 is 9.84 Å². The highest BCUT2D eigenvalue weighted by Crippen LogP contribution is 2.11. The van der Waals surface area contributed by atoms with Gasteiger partial charge in [-0.25, -0.2) is 4.79 Å². The lowest BCUT2D eigenvalue weighted by Crippen LogP contribution is -2.03. The van der Waals surface area contributed by atoms with Crippen LogP contribution in [0.5, 0.6) is 0 Å². The van der Waals surface area contributed by atoms with E-state index in [0.717, 1.165) is 12.5 Å². The van der Waals surface area contributed by atoms with Crippen LogP contribution in [0, 0.1) is 5.92 Å². The molecule has 1 atom stereocenters. The molecule has 0 bridgehead atoms. The molecule has 3 heteroatoms. The van der Waals surface area contributed by atoms with Gasteiger partial charge in [0, 0.05) is 6.42 Å². The number of carbonyl (C=O) groups excluding carboxylic acids is 1. The molecule has 0 fully saturated rings. The molecule has 0 heterocycles. The number of rotatable bonds is 5. The zero-order valence-corrected chi connectivity index (χ0v) is 8.54. The van der Waals surface area contributed by atoms with Gasteiger partial charge in [-0.15, -0.1) is 0 Å². The standard InChI is InChI=1S/C10H18O3/c1-4-8(3)6-9(11)7-10(12)13-5-2/h7-8,11H,4-6H2,1-3H3/t8-/m1/s1. The fourth-order valence-electron chi connectivity index (χ4n) is 0.880. The summed E-state index contributed by atoms with van der Waals surface area (Å²) in [5, 5.41) is 9.31. The second kappa shape index (κ2) is 6.52. The summed E-state index contributed by atoms with van der Waals surface area (Å²) in [5.74, 6) is 0.0294. The Morgan fingerprint density at radius 2 is 2.15 bits per heavy atom. The number of esters is 1. The Labute approximate surface area is 79.4 Å². The van der Waals surface area contributed by atoms with Crippen molar-refractivity contribution >= 4 is 5.97 Å². The summed E-state index contributed by atoms with van der Waals surface area (Å²) >= 11 is 0. The number of carbonyl (C=O) groups is 1. The lowest BCUT2D eigenvalue weighted by atomic mass is 10.0. The fourth-order valence-corrected chi connectivity index (χ4v) is 0.880. The third-order valence-electron chi connectivity index (χ3n) is 1.83. The second-order valence-corrected chi connectivity index (χ2v) is 3.11. The predicted molar refractivity (Wildman–Crippen MR) is 51.4 cm³/mol. The van der Waals surface area contributed by atoms with Crippen molar-refractivity contribution in [1.82, 2.24) is 0 Å². The van der Waals surface area contributed by atoms with Crippen molar-refractivity contribution in [2.45, 2.75) is 33.6 Å². The molecule has 0 aromatic carbocycles. The van der Waals surface area contributed by atoms with Crippen LogP contribution in [0.4, 0.5) is 0 Å². The highest BCUT2D eigenvalue weighted by Gasteiger charge is 2.04. The van der Waals surface area contributed by atoms with E-state index in [9.17, 15) is 9.90 Å². The van der Waals surface area contributed by atoms with Gasteiger partial charge in [0.15, 0.2) is 0 Å². The van der Waals surface area contributed by atoms with E-state index < -0.39 is 5.97 Å². The van der Waals surface area contributed by atoms with E-state index >= 15 is 0 Å². The first-order chi connectivity index (χ1) is 6.10. The molecule has 0 rings (SSSR count). The van der Waals surface area contributed by atoms with Crippen molar-refractivity contribution in [3.63, 3.8) is 0 Å². The molecule has 0 spiro atoms. The summed E-state index contributed by atoms with van der Waals surface area (Å²) in [4.78, 5) is 10.9. The van der Waals surface area contributed by atoms with Crippen LogP contribution in [0.2, 0.25) is 0 Å². The molecule has 0 amide bonds. The first-order valence-corrected chi connectivity index (χ1v) is 4.66. The van der Waals surface area contributed by atoms with Crippen LogP contribution in [0.15, 0.2) is 11.8 Å². The molecule has 0 aromatic rings. The number of allylic oxidation sites excluding steroid dienone is 1. The van der Waals surface area contributed by atoms with E-state index in [1.165, 1.54) is 0 Å². The van der Waals surface area contributed by atoms with Crippen LogP contribution in [0.3, 0.4) is 0 Å². The molecule has 0 saturated carbocycles. The zero-order valence-electron chi connectivity index (χ0n) is 8.54. The monoisotopic (exact) mass is 186 g/mol. The maximum atomic E-state index is 10.9. The predicted octanol–water partition coefficient (Wildman–Crippen LogP) is 2.43. The van der Waals surface area contributed by atoms with E-state index in [4.69, 9.17) is 0 Å². The summed E-state index contributed by atoms with van der Waals surface area (Å²) in [5.41, 5.74) is 0. The molecule has 0 aliphatic rings. The quantitative estimate of drug-likeness (QED) is 0.407. The Bertz CT molecular complexity index is 185. The average molecular weight is 186 g/mol. The minimum Gasteiger partial charge on any atom is -0.512 e. The van der Waals surface area contributed by atoms with Gasteiger partial charge in [-0.1, -0.05) is 20.3 Å². The zero-order chi connectivity index (χ0) is 10.3. The minimum atomic E-state index is -0.469. The van der Waals surface area contributed by atoms with Gasteiger partial charge in [-0.3, -0.25) is 0 Å². The van der Waals surface area contributed by atoms with E-state index in [1.54, 1.807) is 6.92 Å². The number of ether oxygens (including phenoxy) is 1. The minimum absolute atomic E-state index is 0.104. The molecule has 1 N–H and O–H groups in total. The molecule has 76 valence electrons. The first-order valence-electron chi connectivity index (χ1n) is 4.66. The van der Waals surface area contributed by atoms with Crippen molar-refractivity contribution in [3.8, 4) is 0 Å². The summed E-state index contributed by atoms with van der Waals surface area (Å²) in [6.07, 6.45) is 2.67. The molecule has 3 nitrogen and oxygen atoms in total. The smallest absolute Gasteiger partial charge is 0.334 e. The van der Waals surface area contributed by atoms with Crippen molar-refractivity contribution < 1.29 is 14.6 Å². The summed E-state index contributed by atoms with van der Waals surface area (Å²) in [6, 6.07) is 0. The molecule has 0 aromatic heterocycles. The van der Waals surface area contributed by atoms with Gasteiger partial charge in [-0.2, -0.15) is 0 Å². The van der Waals surface area contributed by atoms with Crippen molar-refractivity contribution in [1.29, 1.82) is 0 Å². The molecule has 0 unspecified atom stereocenters. The summed E-state index contributed by atoms with van der Waals surface area (Å²) in [6.45, 7) is 6.14. The largest absolute Gasteiger partial charge is 0.512 e. The summed E-state index contributed by atoms with van der Waals surface area (Å²) < 4.78 is 4.65. The van der Waals surface area contributed by atoms with Gasteiger partial charge in [-0.05, 0) is 12.8 Å². The maximum absolute atomic E-state index is 10.9. The number of aliphatic hydroxyl groups excluding tert-OH is 1. The Morgan fingerprint density at radius 3 is 2.62 bits per heavy atom. The van der Waals surface area contributed by atoms with Gasteiger partial charge in [0.25, 0.3) is 0 Å². The Hall–Kier alpha value is -0.990. The SMILES string of the molecule is CCOC(=O)C=C(O)C[C@H](C)CC. The Kier molecular flexibility index (Phi) is 6.02. The molecule has 13 heavy (non-hydrogen) atoms. The average Bonchev–Trinajstić information content (AvgIpc) is 2.04. The number of hydrogen-bond donors (Lipinski definition) is 1. The molecule has 0 saturated heterocycles. The molecular weight excluding hydrogens is 168 g/mol. The normalized spacial score (nSPS) is 13.9. The third kappa shape index (κ3) is 6.20. The second-order valence-electron chi connectivity index (χ2n) is 3.11. The van der Waals surface area contributed by atoms with Crippen LogP contribution in [-0.2, 0) is 9.53 Å². The molecular formula is C10H18O3. The van der Waals surface area contributed by atoms with Gasteiger partial charge in [0.05, 0.1) is 18.4 Å². The highest BCUT2D eigenvalue weighted by atomic mass is 16.5. The fraction of sp³-hybridized carbons (Fsp3) is 0.700. The lowest BCUT2D eigenvalue weighted by Gasteiger charge is -2.06. The number of hydrogen-bond acceptors (Lipinski definition) is 3. The first kappa shape index (κ1) is 12.0. The maximum Gasteiger partial charge on any atom is 0.334 e. The van der Waals surface area contributed by atoms with Gasteiger partial charge in [0.2, 0.25) is 0 Å². The van der Waals surface area contributed by atoms with E-state index in [1.807, 2.05) is 13.8 Å². The van der Waals surface area contributed by atoms with Crippen molar-refractivity contribution in [2.75, 3.05) is 6.61 Å². The van der Waals surface area contributed by atoms with E-state index in [0.29, 0.717) is 18.9 Å². The Morgan fingerprint density at radius 1 is 1.54 bits per heavy atom. The molecule has 0 aliphatic carbocycles.